The van der Waals surface area contributed by atoms with Crippen LogP contribution in [0.15, 0.2) is 42.5 Å². The largest absolute Gasteiger partial charge is 0.412 e. The first-order valence-electron chi connectivity index (χ1n) is 10.7. The number of hydrogen-bond acceptors (Lipinski definition) is 2. The van der Waals surface area contributed by atoms with Gasteiger partial charge in [-0.3, -0.25) is 4.79 Å². The summed E-state index contributed by atoms with van der Waals surface area (Å²) in [6, 6.07) is 14.0. The molecule has 32 heavy (non-hydrogen) atoms. The number of H-pyrrole nitrogens is 1. The van der Waals surface area contributed by atoms with Crippen LogP contribution >= 0.6 is 35.6 Å². The number of hydrogen-bond donors (Lipinski definition) is 1. The van der Waals surface area contributed by atoms with Crippen LogP contribution in [0.25, 0.3) is 10.9 Å². The molecule has 5 nitrogen and oxygen atoms in total. The Hall–Kier alpha value is -1.76. The Bertz CT molecular complexity index is 1100. The third-order valence-corrected chi connectivity index (χ3v) is 7.17. The lowest BCUT2D eigenvalue weighted by Crippen LogP contribution is -2.45. The molecule has 8 heteroatoms. The van der Waals surface area contributed by atoms with Crippen LogP contribution in [-0.4, -0.2) is 52.3 Å². The maximum Gasteiger partial charge on any atom is 0.227 e. The van der Waals surface area contributed by atoms with Gasteiger partial charge in [0, 0.05) is 41.7 Å². The smallest absolute Gasteiger partial charge is 0.227 e. The van der Waals surface area contributed by atoms with Crippen molar-refractivity contribution in [3.63, 3.8) is 0 Å². The molecule has 0 saturated carbocycles. The van der Waals surface area contributed by atoms with E-state index >= 15 is 0 Å². The summed E-state index contributed by atoms with van der Waals surface area (Å²) in [5.41, 5.74) is 4.64. The van der Waals surface area contributed by atoms with Crippen molar-refractivity contribution < 1.29 is 10.3 Å². The number of nitrogens with zero attached hydrogens (tertiary/aromatic N) is 2. The number of aromatic amines is 1. The first kappa shape index (κ1) is 24.9. The molecule has 1 aromatic heterocycles. The van der Waals surface area contributed by atoms with Gasteiger partial charge in [0.1, 0.15) is 0 Å². The van der Waals surface area contributed by atoms with Gasteiger partial charge in [-0.1, -0.05) is 47.5 Å². The third kappa shape index (κ3) is 4.78. The van der Waals surface area contributed by atoms with Crippen molar-refractivity contribution in [1.82, 2.24) is 14.8 Å². The van der Waals surface area contributed by atoms with Crippen molar-refractivity contribution in [3.8, 4) is 0 Å². The Morgan fingerprint density at radius 1 is 1.03 bits per heavy atom. The van der Waals surface area contributed by atoms with Crippen LogP contribution in [0, 0.1) is 0 Å². The lowest BCUT2D eigenvalue weighted by Gasteiger charge is -2.38. The van der Waals surface area contributed by atoms with E-state index in [1.807, 2.05) is 6.07 Å². The number of carbonyl (C=O) groups is 1. The number of amides is 1. The Balaban J connectivity index is 0.00000144. The Morgan fingerprint density at radius 2 is 1.78 bits per heavy atom. The standard InChI is InChI=1S/C24H25Cl2N3O.ClH.H2O/c25-18-8-7-16(13-19(18)26)14-23(30)29-12-9-21-24(17-5-1-2-6-20(17)27-21)22(29)15-28-10-3-4-11-28;;/h1-2,5-8,13,22,27H,3-4,9-12,14-15H2;1H;1H2. The lowest BCUT2D eigenvalue weighted by molar-refractivity contribution is -0.133. The predicted molar refractivity (Wildman–Crippen MR) is 133 cm³/mol. The molecule has 1 saturated heterocycles. The zero-order valence-corrected chi connectivity index (χ0v) is 20.1. The minimum absolute atomic E-state index is 0. The molecule has 3 heterocycles. The molecule has 2 aliphatic rings. The second kappa shape index (κ2) is 10.4. The zero-order valence-electron chi connectivity index (χ0n) is 17.7. The van der Waals surface area contributed by atoms with E-state index in [2.05, 4.69) is 39.0 Å². The molecule has 2 aliphatic heterocycles. The van der Waals surface area contributed by atoms with Gasteiger partial charge < -0.3 is 20.3 Å². The highest BCUT2D eigenvalue weighted by atomic mass is 35.5. The van der Waals surface area contributed by atoms with Crippen molar-refractivity contribution in [2.75, 3.05) is 26.2 Å². The predicted octanol–water partition coefficient (Wildman–Crippen LogP) is 4.84. The van der Waals surface area contributed by atoms with Crippen LogP contribution in [0.2, 0.25) is 10.0 Å². The number of carbonyl (C=O) groups excluding carboxylic acids is 1. The van der Waals surface area contributed by atoms with E-state index < -0.39 is 0 Å². The Labute approximate surface area is 204 Å². The SMILES string of the molecule is Cl.O.O=C(Cc1ccc(Cl)c(Cl)c1)N1CCc2[nH]c3ccccc3c2C1CN1CCCC1. The zero-order chi connectivity index (χ0) is 20.7. The van der Waals surface area contributed by atoms with E-state index in [1.54, 1.807) is 12.1 Å². The highest BCUT2D eigenvalue weighted by Crippen LogP contribution is 2.37. The molecule has 0 radical (unpaired) electrons. The molecular weight excluding hydrogens is 469 g/mol. The Kier molecular flexibility index (Phi) is 8.12. The summed E-state index contributed by atoms with van der Waals surface area (Å²) in [5.74, 6) is 0.147. The molecule has 1 fully saturated rings. The number of fused-ring (bicyclic) bond motifs is 3. The van der Waals surface area contributed by atoms with E-state index in [1.165, 1.54) is 29.5 Å². The highest BCUT2D eigenvalue weighted by Gasteiger charge is 2.35. The maximum absolute atomic E-state index is 13.4. The van der Waals surface area contributed by atoms with Gasteiger partial charge in [-0.15, -0.1) is 12.4 Å². The van der Waals surface area contributed by atoms with E-state index in [0.29, 0.717) is 16.5 Å². The van der Waals surface area contributed by atoms with Crippen molar-refractivity contribution in [2.45, 2.75) is 31.7 Å². The second-order valence-electron chi connectivity index (χ2n) is 8.35. The monoisotopic (exact) mass is 495 g/mol. The molecule has 0 aliphatic carbocycles. The number of nitrogens with one attached hydrogen (secondary N) is 1. The quantitative estimate of drug-likeness (QED) is 0.561. The molecule has 0 spiro atoms. The normalized spacial score (nSPS) is 18.2. The molecule has 3 aromatic rings. The van der Waals surface area contributed by atoms with Crippen LogP contribution in [0.1, 0.15) is 35.7 Å². The second-order valence-corrected chi connectivity index (χ2v) is 9.16. The van der Waals surface area contributed by atoms with Gasteiger partial charge in [-0.05, 0) is 49.7 Å². The average Bonchev–Trinajstić information content (AvgIpc) is 3.38. The fraction of sp³-hybridized carbons (Fsp3) is 0.375. The first-order chi connectivity index (χ1) is 14.6. The fourth-order valence-corrected chi connectivity index (χ4v) is 5.29. The van der Waals surface area contributed by atoms with Gasteiger partial charge in [0.2, 0.25) is 5.91 Å². The molecule has 2 aromatic carbocycles. The number of para-hydroxylation sites is 1. The van der Waals surface area contributed by atoms with Gasteiger partial charge in [-0.2, -0.15) is 0 Å². The highest BCUT2D eigenvalue weighted by molar-refractivity contribution is 6.42. The summed E-state index contributed by atoms with van der Waals surface area (Å²) < 4.78 is 0. The molecule has 1 unspecified atom stereocenters. The van der Waals surface area contributed by atoms with E-state index in [0.717, 1.165) is 43.7 Å². The minimum Gasteiger partial charge on any atom is -0.412 e. The topological polar surface area (TPSA) is 70.8 Å². The number of likely N-dealkylation sites (tertiary alicyclic amines) is 1. The summed E-state index contributed by atoms with van der Waals surface area (Å²) >= 11 is 12.2. The minimum atomic E-state index is 0. The third-order valence-electron chi connectivity index (χ3n) is 6.43. The molecule has 3 N–H and O–H groups in total. The maximum atomic E-state index is 13.4. The van der Waals surface area contributed by atoms with Crippen LogP contribution in [0.3, 0.4) is 0 Å². The van der Waals surface area contributed by atoms with Crippen LogP contribution < -0.4 is 0 Å². The summed E-state index contributed by atoms with van der Waals surface area (Å²) in [7, 11) is 0. The summed E-state index contributed by atoms with van der Waals surface area (Å²) in [6.45, 7) is 3.85. The van der Waals surface area contributed by atoms with E-state index in [4.69, 9.17) is 23.2 Å². The molecular formula is C24H28Cl3N3O2. The molecule has 0 bridgehead atoms. The van der Waals surface area contributed by atoms with Crippen molar-refractivity contribution >= 4 is 52.4 Å². The van der Waals surface area contributed by atoms with Crippen molar-refractivity contribution in [3.05, 3.63) is 69.3 Å². The number of halogens is 3. The first-order valence-corrected chi connectivity index (χ1v) is 11.4. The summed E-state index contributed by atoms with van der Waals surface area (Å²) in [5, 5.41) is 2.25. The van der Waals surface area contributed by atoms with Crippen molar-refractivity contribution in [2.24, 2.45) is 0 Å². The summed E-state index contributed by atoms with van der Waals surface area (Å²) in [4.78, 5) is 21.6. The van der Waals surface area contributed by atoms with Crippen LogP contribution in [0.4, 0.5) is 0 Å². The number of benzene rings is 2. The Morgan fingerprint density at radius 3 is 2.53 bits per heavy atom. The lowest BCUT2D eigenvalue weighted by atomic mass is 9.94. The van der Waals surface area contributed by atoms with Gasteiger partial charge in [0.15, 0.2) is 0 Å². The number of aromatic nitrogens is 1. The van der Waals surface area contributed by atoms with Gasteiger partial charge in [-0.25, -0.2) is 0 Å². The molecule has 1 atom stereocenters. The molecule has 1 amide bonds. The van der Waals surface area contributed by atoms with E-state index in [-0.39, 0.29) is 29.8 Å². The van der Waals surface area contributed by atoms with Crippen molar-refractivity contribution in [1.29, 1.82) is 0 Å². The average molecular weight is 497 g/mol. The molecule has 172 valence electrons. The van der Waals surface area contributed by atoms with Crippen LogP contribution in [-0.2, 0) is 17.6 Å². The molecule has 5 rings (SSSR count). The van der Waals surface area contributed by atoms with Gasteiger partial charge >= 0.3 is 0 Å². The van der Waals surface area contributed by atoms with E-state index in [9.17, 15) is 4.79 Å². The fourth-order valence-electron chi connectivity index (χ4n) is 4.97. The number of rotatable bonds is 4. The van der Waals surface area contributed by atoms with Crippen LogP contribution in [0.5, 0.6) is 0 Å². The van der Waals surface area contributed by atoms with Gasteiger partial charge in [0.25, 0.3) is 0 Å². The summed E-state index contributed by atoms with van der Waals surface area (Å²) in [6.07, 6.45) is 3.67. The van der Waals surface area contributed by atoms with Gasteiger partial charge in [0.05, 0.1) is 22.5 Å².